The number of nitrogens with two attached hydrogens (primary N) is 1. The van der Waals surface area contributed by atoms with Crippen molar-refractivity contribution < 1.29 is 9.53 Å². The van der Waals surface area contributed by atoms with E-state index in [1.54, 1.807) is 24.2 Å². The molecule has 1 aromatic carbocycles. The van der Waals surface area contributed by atoms with E-state index in [9.17, 15) is 4.79 Å². The van der Waals surface area contributed by atoms with Gasteiger partial charge >= 0.3 is 0 Å². The normalized spacial score (nSPS) is 10.2. The molecule has 0 saturated heterocycles. The molecule has 5 heteroatoms. The maximum Gasteiger partial charge on any atom is 0.237 e. The summed E-state index contributed by atoms with van der Waals surface area (Å²) in [5.74, 6) is 0.396. The summed E-state index contributed by atoms with van der Waals surface area (Å²) in [5.41, 5.74) is 6.98. The number of carbonyl (C=O) groups excluding carboxylic acids is 1. The maximum atomic E-state index is 10.9. The van der Waals surface area contributed by atoms with E-state index in [-0.39, 0.29) is 6.54 Å². The zero-order valence-electron chi connectivity index (χ0n) is 9.46. The SMILES string of the molecule is COc1ccc(-c2cncn2CC(N)=O)cc1. The molecule has 2 aromatic rings. The molecule has 2 rings (SSSR count). The number of carbonyl (C=O) groups is 1. The number of primary amides is 1. The summed E-state index contributed by atoms with van der Waals surface area (Å²) in [6.45, 7) is 0.126. The monoisotopic (exact) mass is 231 g/mol. The molecule has 0 unspecified atom stereocenters. The van der Waals surface area contributed by atoms with Gasteiger partial charge in [0, 0.05) is 5.56 Å². The molecular formula is C12H13N3O2. The lowest BCUT2D eigenvalue weighted by atomic mass is 10.1. The van der Waals surface area contributed by atoms with Crippen molar-refractivity contribution >= 4 is 5.91 Å². The topological polar surface area (TPSA) is 70.1 Å². The van der Waals surface area contributed by atoms with Crippen LogP contribution in [0.2, 0.25) is 0 Å². The van der Waals surface area contributed by atoms with Crippen molar-refractivity contribution in [2.24, 2.45) is 5.73 Å². The summed E-state index contributed by atoms with van der Waals surface area (Å²) in [7, 11) is 1.62. The van der Waals surface area contributed by atoms with Gasteiger partial charge in [-0.25, -0.2) is 4.98 Å². The molecular weight excluding hydrogens is 218 g/mol. The minimum atomic E-state index is -0.391. The van der Waals surface area contributed by atoms with Crippen molar-refractivity contribution in [3.05, 3.63) is 36.8 Å². The van der Waals surface area contributed by atoms with E-state index in [0.717, 1.165) is 17.0 Å². The Kier molecular flexibility index (Phi) is 3.09. The van der Waals surface area contributed by atoms with Gasteiger partial charge in [-0.15, -0.1) is 0 Å². The molecule has 0 aliphatic heterocycles. The molecule has 0 aliphatic rings. The van der Waals surface area contributed by atoms with Crippen LogP contribution in [0.25, 0.3) is 11.3 Å². The second kappa shape index (κ2) is 4.69. The average Bonchev–Trinajstić information content (AvgIpc) is 2.76. The number of imidazole rings is 1. The van der Waals surface area contributed by atoms with Crippen LogP contribution in [0.15, 0.2) is 36.8 Å². The predicted molar refractivity (Wildman–Crippen MR) is 63.4 cm³/mol. The van der Waals surface area contributed by atoms with Crippen LogP contribution < -0.4 is 10.5 Å². The Morgan fingerprint density at radius 1 is 1.41 bits per heavy atom. The molecule has 0 radical (unpaired) electrons. The summed E-state index contributed by atoms with van der Waals surface area (Å²) >= 11 is 0. The first-order valence-electron chi connectivity index (χ1n) is 5.13. The minimum Gasteiger partial charge on any atom is -0.497 e. The highest BCUT2D eigenvalue weighted by Crippen LogP contribution is 2.21. The Morgan fingerprint density at radius 2 is 2.12 bits per heavy atom. The number of methoxy groups -OCH3 is 1. The van der Waals surface area contributed by atoms with Gasteiger partial charge in [0.2, 0.25) is 5.91 Å². The standard InChI is InChI=1S/C12H13N3O2/c1-17-10-4-2-9(3-5-10)11-6-14-8-15(11)7-12(13)16/h2-6,8H,7H2,1H3,(H2,13,16). The summed E-state index contributed by atoms with van der Waals surface area (Å²) in [6, 6.07) is 7.54. The lowest BCUT2D eigenvalue weighted by Crippen LogP contribution is -2.18. The number of benzene rings is 1. The second-order valence-electron chi connectivity index (χ2n) is 3.60. The van der Waals surface area contributed by atoms with Crippen LogP contribution in [-0.2, 0) is 11.3 Å². The Hall–Kier alpha value is -2.30. The van der Waals surface area contributed by atoms with Crippen molar-refractivity contribution in [2.45, 2.75) is 6.54 Å². The van der Waals surface area contributed by atoms with Crippen LogP contribution in [0, 0.1) is 0 Å². The molecule has 0 bridgehead atoms. The third kappa shape index (κ3) is 2.44. The zero-order valence-corrected chi connectivity index (χ0v) is 9.46. The van der Waals surface area contributed by atoms with E-state index in [4.69, 9.17) is 10.5 Å². The molecule has 0 saturated carbocycles. The molecule has 1 aromatic heterocycles. The van der Waals surface area contributed by atoms with Gasteiger partial charge in [-0.1, -0.05) is 0 Å². The van der Waals surface area contributed by atoms with Crippen LogP contribution in [0.1, 0.15) is 0 Å². The average molecular weight is 231 g/mol. The number of amides is 1. The lowest BCUT2D eigenvalue weighted by Gasteiger charge is -2.06. The summed E-state index contributed by atoms with van der Waals surface area (Å²) in [5, 5.41) is 0. The highest BCUT2D eigenvalue weighted by Gasteiger charge is 2.06. The quantitative estimate of drug-likeness (QED) is 0.854. The van der Waals surface area contributed by atoms with Crippen LogP contribution >= 0.6 is 0 Å². The van der Waals surface area contributed by atoms with Crippen molar-refractivity contribution in [3.63, 3.8) is 0 Å². The zero-order chi connectivity index (χ0) is 12.3. The van der Waals surface area contributed by atoms with Gasteiger partial charge in [0.05, 0.1) is 25.3 Å². The fraction of sp³-hybridized carbons (Fsp3) is 0.167. The molecule has 2 N–H and O–H groups in total. The number of aromatic nitrogens is 2. The van der Waals surface area contributed by atoms with Gasteiger partial charge in [0.25, 0.3) is 0 Å². The van der Waals surface area contributed by atoms with E-state index >= 15 is 0 Å². The maximum absolute atomic E-state index is 10.9. The van der Waals surface area contributed by atoms with Gasteiger partial charge in [-0.05, 0) is 24.3 Å². The first-order valence-corrected chi connectivity index (χ1v) is 5.13. The summed E-state index contributed by atoms with van der Waals surface area (Å²) < 4.78 is 6.80. The Balaban J connectivity index is 2.32. The van der Waals surface area contributed by atoms with Gasteiger partial charge in [-0.2, -0.15) is 0 Å². The van der Waals surface area contributed by atoms with Gasteiger partial charge in [0.15, 0.2) is 0 Å². The summed E-state index contributed by atoms with van der Waals surface area (Å²) in [4.78, 5) is 14.9. The number of hydrogen-bond donors (Lipinski definition) is 1. The third-order valence-electron chi connectivity index (χ3n) is 2.42. The van der Waals surface area contributed by atoms with Crippen LogP contribution in [0.3, 0.4) is 0 Å². The van der Waals surface area contributed by atoms with Crippen LogP contribution in [0.5, 0.6) is 5.75 Å². The van der Waals surface area contributed by atoms with E-state index in [1.807, 2.05) is 24.3 Å². The smallest absolute Gasteiger partial charge is 0.237 e. The van der Waals surface area contributed by atoms with Crippen molar-refractivity contribution in [2.75, 3.05) is 7.11 Å². The van der Waals surface area contributed by atoms with Gasteiger partial charge in [-0.3, -0.25) is 4.79 Å². The minimum absolute atomic E-state index is 0.126. The Morgan fingerprint density at radius 3 is 2.71 bits per heavy atom. The molecule has 0 fully saturated rings. The van der Waals surface area contributed by atoms with E-state index in [0.29, 0.717) is 0 Å². The third-order valence-corrected chi connectivity index (χ3v) is 2.42. The van der Waals surface area contributed by atoms with Gasteiger partial charge < -0.3 is 15.0 Å². The summed E-state index contributed by atoms with van der Waals surface area (Å²) in [6.07, 6.45) is 3.29. The molecule has 0 aliphatic carbocycles. The van der Waals surface area contributed by atoms with Gasteiger partial charge in [0.1, 0.15) is 12.3 Å². The highest BCUT2D eigenvalue weighted by molar-refractivity contribution is 5.74. The number of rotatable bonds is 4. The van der Waals surface area contributed by atoms with Crippen molar-refractivity contribution in [1.82, 2.24) is 9.55 Å². The molecule has 88 valence electrons. The molecule has 0 spiro atoms. The Labute approximate surface area is 98.8 Å². The van der Waals surface area contributed by atoms with Crippen LogP contribution in [-0.4, -0.2) is 22.6 Å². The number of hydrogen-bond acceptors (Lipinski definition) is 3. The van der Waals surface area contributed by atoms with E-state index < -0.39 is 5.91 Å². The lowest BCUT2D eigenvalue weighted by molar-refractivity contribution is -0.118. The number of nitrogens with zero attached hydrogens (tertiary/aromatic N) is 2. The largest absolute Gasteiger partial charge is 0.497 e. The first-order chi connectivity index (χ1) is 8.20. The Bertz CT molecular complexity index is 517. The highest BCUT2D eigenvalue weighted by atomic mass is 16.5. The fourth-order valence-corrected chi connectivity index (χ4v) is 1.62. The van der Waals surface area contributed by atoms with Crippen molar-refractivity contribution in [1.29, 1.82) is 0 Å². The molecule has 1 amide bonds. The predicted octanol–water partition coefficient (Wildman–Crippen LogP) is 1.04. The first kappa shape index (κ1) is 11.2. The molecule has 5 nitrogen and oxygen atoms in total. The second-order valence-corrected chi connectivity index (χ2v) is 3.60. The fourth-order valence-electron chi connectivity index (χ4n) is 1.62. The van der Waals surface area contributed by atoms with E-state index in [2.05, 4.69) is 4.98 Å². The van der Waals surface area contributed by atoms with Crippen molar-refractivity contribution in [3.8, 4) is 17.0 Å². The molecule has 1 heterocycles. The molecule has 17 heavy (non-hydrogen) atoms. The molecule has 0 atom stereocenters. The van der Waals surface area contributed by atoms with Crippen LogP contribution in [0.4, 0.5) is 0 Å². The number of ether oxygens (including phenoxy) is 1. The van der Waals surface area contributed by atoms with E-state index in [1.165, 1.54) is 0 Å².